The van der Waals surface area contributed by atoms with Crippen LogP contribution in [0, 0.1) is 24.7 Å². The Bertz CT molecular complexity index is 439. The zero-order valence-corrected chi connectivity index (χ0v) is 13.6. The van der Waals surface area contributed by atoms with Crippen LogP contribution in [0.3, 0.4) is 0 Å². The van der Waals surface area contributed by atoms with Crippen LogP contribution in [-0.4, -0.2) is 0 Å². The quantitative estimate of drug-likeness (QED) is 0.506. The molecule has 0 radical (unpaired) electrons. The van der Waals surface area contributed by atoms with Gasteiger partial charge in [-0.2, -0.15) is 0 Å². The number of aryl methyl sites for hydroxylation is 1. The van der Waals surface area contributed by atoms with Gasteiger partial charge in [0.25, 0.3) is 0 Å². The highest BCUT2D eigenvalue weighted by atomic mass is 14.4. The first-order valence-electron chi connectivity index (χ1n) is 8.95. The number of allylic oxidation sites excluding steroid dienone is 1. The van der Waals surface area contributed by atoms with Gasteiger partial charge in [0.15, 0.2) is 0 Å². The predicted molar refractivity (Wildman–Crippen MR) is 105 cm³/mol. The van der Waals surface area contributed by atoms with E-state index in [0.29, 0.717) is 0 Å². The SMILES string of the molecule is C.C.C=CC1CCC(C2CCC(c3ccc(C)cc3)CC2)CC1. The van der Waals surface area contributed by atoms with E-state index in [-0.39, 0.29) is 14.9 Å². The summed E-state index contributed by atoms with van der Waals surface area (Å²) in [6.45, 7) is 6.15. The smallest absolute Gasteiger partial charge is 0.0162 e. The summed E-state index contributed by atoms with van der Waals surface area (Å²) in [6, 6.07) is 9.27. The van der Waals surface area contributed by atoms with E-state index in [1.165, 1.54) is 56.9 Å². The Kier molecular flexibility index (Phi) is 8.09. The van der Waals surface area contributed by atoms with E-state index in [9.17, 15) is 0 Å². The van der Waals surface area contributed by atoms with Crippen molar-refractivity contribution in [1.29, 1.82) is 0 Å². The van der Waals surface area contributed by atoms with E-state index in [1.807, 2.05) is 0 Å². The molecule has 2 saturated carbocycles. The van der Waals surface area contributed by atoms with Crippen LogP contribution in [0.1, 0.15) is 83.3 Å². The Hall–Kier alpha value is -1.04. The minimum absolute atomic E-state index is 0. The summed E-state index contributed by atoms with van der Waals surface area (Å²) in [5.74, 6) is 3.66. The Morgan fingerprint density at radius 1 is 0.783 bits per heavy atom. The van der Waals surface area contributed by atoms with E-state index in [4.69, 9.17) is 0 Å². The minimum Gasteiger partial charge on any atom is -0.103 e. The molecule has 2 aliphatic rings. The summed E-state index contributed by atoms with van der Waals surface area (Å²) in [4.78, 5) is 0. The summed E-state index contributed by atoms with van der Waals surface area (Å²) in [7, 11) is 0. The van der Waals surface area contributed by atoms with Crippen LogP contribution in [0.4, 0.5) is 0 Å². The van der Waals surface area contributed by atoms with Crippen molar-refractivity contribution in [1.82, 2.24) is 0 Å². The first-order valence-corrected chi connectivity index (χ1v) is 8.95. The van der Waals surface area contributed by atoms with E-state index < -0.39 is 0 Å². The van der Waals surface area contributed by atoms with Gasteiger partial charge in [0.05, 0.1) is 0 Å². The van der Waals surface area contributed by atoms with E-state index >= 15 is 0 Å². The lowest BCUT2D eigenvalue weighted by atomic mass is 9.68. The first kappa shape index (κ1) is 20.0. The zero-order valence-electron chi connectivity index (χ0n) is 13.6. The van der Waals surface area contributed by atoms with Crippen LogP contribution in [0.2, 0.25) is 0 Å². The summed E-state index contributed by atoms with van der Waals surface area (Å²) >= 11 is 0. The summed E-state index contributed by atoms with van der Waals surface area (Å²) in [5.41, 5.74) is 2.96. The van der Waals surface area contributed by atoms with Gasteiger partial charge in [0.2, 0.25) is 0 Å². The van der Waals surface area contributed by atoms with Crippen molar-refractivity contribution < 1.29 is 0 Å². The molecule has 0 amide bonds. The average Bonchev–Trinajstić information content (AvgIpc) is 2.56. The highest BCUT2D eigenvalue weighted by molar-refractivity contribution is 5.24. The van der Waals surface area contributed by atoms with Crippen molar-refractivity contribution >= 4 is 0 Å². The largest absolute Gasteiger partial charge is 0.103 e. The molecule has 0 saturated heterocycles. The van der Waals surface area contributed by atoms with Crippen LogP contribution in [0.15, 0.2) is 36.9 Å². The zero-order chi connectivity index (χ0) is 14.7. The Balaban J connectivity index is 0.00000132. The second kappa shape index (κ2) is 9.30. The molecule has 0 spiro atoms. The van der Waals surface area contributed by atoms with Gasteiger partial charge in [-0.3, -0.25) is 0 Å². The molecule has 2 fully saturated rings. The fourth-order valence-electron chi connectivity index (χ4n) is 4.61. The molecular weight excluding hydrogens is 276 g/mol. The van der Waals surface area contributed by atoms with Gasteiger partial charge < -0.3 is 0 Å². The Labute approximate surface area is 145 Å². The van der Waals surface area contributed by atoms with Gasteiger partial charge >= 0.3 is 0 Å². The summed E-state index contributed by atoms with van der Waals surface area (Å²) in [6.07, 6.45) is 13.6. The molecule has 0 nitrogen and oxygen atoms in total. The molecule has 0 heterocycles. The molecular formula is C23H38. The van der Waals surface area contributed by atoms with Crippen LogP contribution < -0.4 is 0 Å². The van der Waals surface area contributed by atoms with Crippen molar-refractivity contribution in [2.45, 2.75) is 79.1 Å². The molecule has 0 unspecified atom stereocenters. The van der Waals surface area contributed by atoms with E-state index in [0.717, 1.165) is 23.7 Å². The lowest BCUT2D eigenvalue weighted by molar-refractivity contribution is 0.171. The highest BCUT2D eigenvalue weighted by Gasteiger charge is 2.30. The predicted octanol–water partition coefficient (Wildman–Crippen LogP) is 7.53. The molecule has 0 aliphatic heterocycles. The molecule has 130 valence electrons. The molecule has 0 N–H and O–H groups in total. The monoisotopic (exact) mass is 314 g/mol. The lowest BCUT2D eigenvalue weighted by Crippen LogP contribution is -2.25. The minimum atomic E-state index is 0. The summed E-state index contributed by atoms with van der Waals surface area (Å²) in [5, 5.41) is 0. The third-order valence-electron chi connectivity index (χ3n) is 6.14. The first-order chi connectivity index (χ1) is 10.3. The third-order valence-corrected chi connectivity index (χ3v) is 6.14. The topological polar surface area (TPSA) is 0 Å². The van der Waals surface area contributed by atoms with Gasteiger partial charge in [-0.1, -0.05) is 50.8 Å². The number of rotatable bonds is 3. The Morgan fingerprint density at radius 3 is 1.74 bits per heavy atom. The number of hydrogen-bond acceptors (Lipinski definition) is 0. The lowest BCUT2D eigenvalue weighted by Gasteiger charge is -2.37. The van der Waals surface area contributed by atoms with Crippen LogP contribution >= 0.6 is 0 Å². The molecule has 1 aromatic carbocycles. The van der Waals surface area contributed by atoms with Crippen LogP contribution in [0.5, 0.6) is 0 Å². The van der Waals surface area contributed by atoms with Gasteiger partial charge in [0.1, 0.15) is 0 Å². The molecule has 0 atom stereocenters. The maximum atomic E-state index is 3.97. The fraction of sp³-hybridized carbons (Fsp3) is 0.652. The highest BCUT2D eigenvalue weighted by Crippen LogP contribution is 2.43. The van der Waals surface area contributed by atoms with Gasteiger partial charge in [-0.05, 0) is 87.5 Å². The maximum Gasteiger partial charge on any atom is -0.0162 e. The van der Waals surface area contributed by atoms with Gasteiger partial charge in [-0.15, -0.1) is 6.58 Å². The number of benzene rings is 1. The van der Waals surface area contributed by atoms with Crippen molar-refractivity contribution in [2.24, 2.45) is 17.8 Å². The van der Waals surface area contributed by atoms with Crippen molar-refractivity contribution in [3.05, 3.63) is 48.0 Å². The normalized spacial score (nSPS) is 30.7. The maximum absolute atomic E-state index is 3.97. The van der Waals surface area contributed by atoms with E-state index in [2.05, 4.69) is 43.8 Å². The van der Waals surface area contributed by atoms with Gasteiger partial charge in [-0.25, -0.2) is 0 Å². The molecule has 0 bridgehead atoms. The van der Waals surface area contributed by atoms with E-state index in [1.54, 1.807) is 5.56 Å². The average molecular weight is 315 g/mol. The van der Waals surface area contributed by atoms with Gasteiger partial charge in [0, 0.05) is 0 Å². The van der Waals surface area contributed by atoms with Crippen molar-refractivity contribution in [3.63, 3.8) is 0 Å². The van der Waals surface area contributed by atoms with Crippen molar-refractivity contribution in [3.8, 4) is 0 Å². The summed E-state index contributed by atoms with van der Waals surface area (Å²) < 4.78 is 0. The van der Waals surface area contributed by atoms with Crippen LogP contribution in [0.25, 0.3) is 0 Å². The number of hydrogen-bond donors (Lipinski definition) is 0. The van der Waals surface area contributed by atoms with Crippen LogP contribution in [-0.2, 0) is 0 Å². The molecule has 0 aromatic heterocycles. The molecule has 0 heteroatoms. The molecule has 3 rings (SSSR count). The molecule has 23 heavy (non-hydrogen) atoms. The third kappa shape index (κ3) is 4.96. The molecule has 2 aliphatic carbocycles. The second-order valence-corrected chi connectivity index (χ2v) is 7.43. The molecule has 1 aromatic rings. The standard InChI is InChI=1S/C21H30.2CH4/c1-3-17-6-10-19(11-7-17)21-14-12-20(13-15-21)18-8-4-16(2)5-9-18;;/h3-5,8-9,17,19-21H,1,6-7,10-15H2,2H3;2*1H4. The van der Waals surface area contributed by atoms with Crippen molar-refractivity contribution in [2.75, 3.05) is 0 Å². The fourth-order valence-corrected chi connectivity index (χ4v) is 4.61. The Morgan fingerprint density at radius 2 is 1.26 bits per heavy atom. The second-order valence-electron chi connectivity index (χ2n) is 7.43.